The number of hydrogen-bond donors (Lipinski definition) is 1. The third-order valence-corrected chi connectivity index (χ3v) is 5.17. The van der Waals surface area contributed by atoms with Crippen LogP contribution in [0.25, 0.3) is 0 Å². The zero-order valence-electron chi connectivity index (χ0n) is 12.7. The number of rotatable bonds is 3. The van der Waals surface area contributed by atoms with Crippen LogP contribution >= 0.6 is 23.6 Å². The lowest BCUT2D eigenvalue weighted by Gasteiger charge is -2.23. The third kappa shape index (κ3) is 3.69. The smallest absolute Gasteiger partial charge is 0.225 e. The highest BCUT2D eigenvalue weighted by Gasteiger charge is 2.23. The van der Waals surface area contributed by atoms with Crippen molar-refractivity contribution in [3.8, 4) is 6.07 Å². The fourth-order valence-electron chi connectivity index (χ4n) is 2.69. The third-order valence-electron chi connectivity index (χ3n) is 3.73. The lowest BCUT2D eigenvalue weighted by atomic mass is 9.85. The van der Waals surface area contributed by atoms with Gasteiger partial charge in [0.15, 0.2) is 0 Å². The van der Waals surface area contributed by atoms with Crippen LogP contribution in [0.1, 0.15) is 50.3 Å². The minimum absolute atomic E-state index is 0.0451. The van der Waals surface area contributed by atoms with E-state index in [2.05, 4.69) is 18.3 Å². The lowest BCUT2D eigenvalue weighted by Crippen LogP contribution is -2.17. The van der Waals surface area contributed by atoms with Crippen molar-refractivity contribution < 1.29 is 4.79 Å². The molecule has 5 heteroatoms. The van der Waals surface area contributed by atoms with Crippen LogP contribution in [0.4, 0.5) is 5.00 Å². The van der Waals surface area contributed by atoms with Gasteiger partial charge in [-0.15, -0.1) is 11.3 Å². The Hall–Kier alpha value is -1.25. The first kappa shape index (κ1) is 16.1. The number of carbonyl (C=O) groups is 1. The molecule has 1 aromatic rings. The van der Waals surface area contributed by atoms with E-state index in [-0.39, 0.29) is 5.91 Å². The van der Waals surface area contributed by atoms with Crippen LogP contribution < -0.4 is 5.32 Å². The van der Waals surface area contributed by atoms with E-state index >= 15 is 0 Å². The van der Waals surface area contributed by atoms with E-state index in [4.69, 9.17) is 12.2 Å². The molecule has 1 heterocycles. The summed E-state index contributed by atoms with van der Waals surface area (Å²) in [6, 6.07) is 2.27. The van der Waals surface area contributed by atoms with Gasteiger partial charge in [0.2, 0.25) is 5.91 Å². The van der Waals surface area contributed by atoms with Crippen molar-refractivity contribution in [1.29, 1.82) is 5.26 Å². The van der Waals surface area contributed by atoms with E-state index in [9.17, 15) is 10.1 Å². The highest BCUT2D eigenvalue weighted by atomic mass is 32.1. The average Bonchev–Trinajstić information content (AvgIpc) is 2.39. The Morgan fingerprint density at radius 2 is 2.24 bits per heavy atom. The van der Waals surface area contributed by atoms with Crippen LogP contribution in [0.5, 0.6) is 0 Å². The molecule has 0 radical (unpaired) electrons. The van der Waals surface area contributed by atoms with Crippen molar-refractivity contribution >= 4 is 34.5 Å². The van der Waals surface area contributed by atoms with Crippen LogP contribution in [-0.2, 0) is 17.6 Å². The summed E-state index contributed by atoms with van der Waals surface area (Å²) in [7, 11) is 0. The maximum atomic E-state index is 12.0. The second kappa shape index (κ2) is 6.67. The molecule has 1 amide bonds. The number of amides is 1. The number of fused-ring (bicyclic) bond motifs is 1. The molecule has 0 aromatic carbocycles. The summed E-state index contributed by atoms with van der Waals surface area (Å²) in [6.45, 7) is 6.22. The first-order valence-corrected chi connectivity index (χ1v) is 8.53. The molecule has 1 N–H and O–H groups in total. The van der Waals surface area contributed by atoms with Crippen LogP contribution in [-0.4, -0.2) is 5.91 Å². The largest absolute Gasteiger partial charge is 0.317 e. The van der Waals surface area contributed by atoms with E-state index in [1.54, 1.807) is 0 Å². The number of hydrogen-bond acceptors (Lipinski definition) is 4. The summed E-state index contributed by atoms with van der Waals surface area (Å²) in [6.07, 6.45) is 3.35. The Balaban J connectivity index is 2.40. The van der Waals surface area contributed by atoms with Gasteiger partial charge in [0.05, 0.1) is 9.39 Å². The van der Waals surface area contributed by atoms with E-state index in [0.29, 0.717) is 28.8 Å². The van der Waals surface area contributed by atoms with Crippen molar-refractivity contribution in [3.05, 3.63) is 20.5 Å². The van der Waals surface area contributed by atoms with Gasteiger partial charge in [-0.25, -0.2) is 0 Å². The minimum Gasteiger partial charge on any atom is -0.317 e. The summed E-state index contributed by atoms with van der Waals surface area (Å²) < 4.78 is 0.815. The van der Waals surface area contributed by atoms with E-state index in [0.717, 1.165) is 34.2 Å². The zero-order chi connectivity index (χ0) is 15.6. The van der Waals surface area contributed by atoms with Crippen molar-refractivity contribution in [3.63, 3.8) is 0 Å². The van der Waals surface area contributed by atoms with Gasteiger partial charge in [0.1, 0.15) is 11.1 Å². The Bertz CT molecular complexity index is 655. The molecule has 0 bridgehead atoms. The van der Waals surface area contributed by atoms with Crippen LogP contribution in [0.15, 0.2) is 0 Å². The van der Waals surface area contributed by atoms with Gasteiger partial charge in [0, 0.05) is 6.42 Å². The lowest BCUT2D eigenvalue weighted by molar-refractivity contribution is -0.116. The molecule has 21 heavy (non-hydrogen) atoms. The molecule has 0 fully saturated rings. The molecular formula is C16H20N2OS2. The van der Waals surface area contributed by atoms with E-state index < -0.39 is 0 Å². The molecule has 0 saturated heterocycles. The summed E-state index contributed by atoms with van der Waals surface area (Å²) in [4.78, 5) is 12.0. The van der Waals surface area contributed by atoms with Gasteiger partial charge in [-0.2, -0.15) is 5.26 Å². The maximum absolute atomic E-state index is 12.0. The Kier molecular flexibility index (Phi) is 5.13. The quantitative estimate of drug-likeness (QED) is 0.837. The molecule has 0 aliphatic heterocycles. The molecule has 1 aliphatic rings. The predicted octanol–water partition coefficient (Wildman–Crippen LogP) is 4.46. The molecule has 2 rings (SSSR count). The Morgan fingerprint density at radius 1 is 1.52 bits per heavy atom. The summed E-state index contributed by atoms with van der Waals surface area (Å²) in [5, 5.41) is 13.0. The number of nitriles is 1. The van der Waals surface area contributed by atoms with Gasteiger partial charge in [-0.05, 0) is 42.2 Å². The molecule has 3 nitrogen and oxygen atoms in total. The summed E-state index contributed by atoms with van der Waals surface area (Å²) in [5.41, 5.74) is 2.82. The second-order valence-electron chi connectivity index (χ2n) is 6.16. The fourth-order valence-corrected chi connectivity index (χ4v) is 4.10. The normalized spacial score (nSPS) is 17.2. The van der Waals surface area contributed by atoms with E-state index in [1.165, 1.54) is 11.3 Å². The Morgan fingerprint density at radius 3 is 2.86 bits per heavy atom. The number of anilines is 1. The van der Waals surface area contributed by atoms with Crippen LogP contribution in [0.3, 0.4) is 0 Å². The molecule has 112 valence electrons. The van der Waals surface area contributed by atoms with Crippen molar-refractivity contribution in [2.75, 3.05) is 5.32 Å². The van der Waals surface area contributed by atoms with Gasteiger partial charge in [0.25, 0.3) is 0 Å². The van der Waals surface area contributed by atoms with Crippen molar-refractivity contribution in [1.82, 2.24) is 0 Å². The average molecular weight is 320 g/mol. The van der Waals surface area contributed by atoms with Crippen molar-refractivity contribution in [2.24, 2.45) is 11.8 Å². The van der Waals surface area contributed by atoms with Crippen molar-refractivity contribution in [2.45, 2.75) is 46.5 Å². The number of nitrogens with zero attached hydrogens (tertiary/aromatic N) is 1. The molecule has 1 unspecified atom stereocenters. The highest BCUT2D eigenvalue weighted by Crippen LogP contribution is 2.35. The predicted molar refractivity (Wildman–Crippen MR) is 89.1 cm³/mol. The van der Waals surface area contributed by atoms with Crippen LogP contribution in [0.2, 0.25) is 0 Å². The molecule has 1 atom stereocenters. The fraction of sp³-hybridized carbons (Fsp3) is 0.562. The topological polar surface area (TPSA) is 52.9 Å². The first-order valence-electron chi connectivity index (χ1n) is 7.31. The number of nitrogens with one attached hydrogen (secondary N) is 1. The van der Waals surface area contributed by atoms with Gasteiger partial charge in [-0.1, -0.05) is 33.0 Å². The van der Waals surface area contributed by atoms with Gasteiger partial charge in [-0.3, -0.25) is 4.79 Å². The highest BCUT2D eigenvalue weighted by molar-refractivity contribution is 7.73. The van der Waals surface area contributed by atoms with Gasteiger partial charge >= 0.3 is 0 Å². The second-order valence-corrected chi connectivity index (χ2v) is 7.84. The van der Waals surface area contributed by atoms with Gasteiger partial charge < -0.3 is 5.32 Å². The minimum atomic E-state index is -0.0451. The van der Waals surface area contributed by atoms with E-state index in [1.807, 2.05) is 13.8 Å². The summed E-state index contributed by atoms with van der Waals surface area (Å²) >= 11 is 6.85. The number of carbonyl (C=O) groups excluding carboxylic acids is 1. The maximum Gasteiger partial charge on any atom is 0.225 e. The molecular weight excluding hydrogens is 300 g/mol. The molecule has 1 aromatic heterocycles. The first-order chi connectivity index (χ1) is 9.92. The SMILES string of the molecule is CC(C)CC(=O)Nc1sc(=S)c2c(c1C#N)CCC(C)C2. The molecule has 1 aliphatic carbocycles. The molecule has 0 spiro atoms. The zero-order valence-corrected chi connectivity index (χ0v) is 14.3. The summed E-state index contributed by atoms with van der Waals surface area (Å²) in [5.74, 6) is 0.859. The standard InChI is InChI=1S/C16H20N2OS2/c1-9(2)6-14(19)18-15-13(8-17)11-5-4-10(3)7-12(11)16(20)21-15/h9-10H,4-7H2,1-3H3,(H,18,19). The van der Waals surface area contributed by atoms with Crippen LogP contribution in [0, 0.1) is 27.0 Å². The monoisotopic (exact) mass is 320 g/mol. The Labute approximate surface area is 135 Å². The molecule has 0 saturated carbocycles.